The van der Waals surface area contributed by atoms with Gasteiger partial charge in [-0.1, -0.05) is 50.2 Å². The quantitative estimate of drug-likeness (QED) is 0.299. The standard InChI is InChI=1S/C20H12F2O8S2/c21-31(24,25)29-15-9-5-13(6-10-15)20(17-3-1-2-4-18(17)28-19(20)23)14-7-11-16(12-8-14)30-32(22,26)27/h1-12H. The molecule has 0 atom stereocenters. The van der Waals surface area contributed by atoms with Crippen molar-refractivity contribution in [2.45, 2.75) is 5.41 Å². The molecule has 166 valence electrons. The molecule has 0 N–H and O–H groups in total. The van der Waals surface area contributed by atoms with Crippen LogP contribution in [0.4, 0.5) is 7.77 Å². The molecule has 0 saturated heterocycles. The van der Waals surface area contributed by atoms with E-state index in [-0.39, 0.29) is 17.2 Å². The topological polar surface area (TPSA) is 113 Å². The highest BCUT2D eigenvalue weighted by atomic mass is 32.3. The van der Waals surface area contributed by atoms with Crippen LogP contribution in [-0.2, 0) is 31.2 Å². The average molecular weight is 482 g/mol. The molecule has 12 heteroatoms. The number of fused-ring (bicyclic) bond motifs is 1. The van der Waals surface area contributed by atoms with E-state index < -0.39 is 32.4 Å². The molecule has 0 spiro atoms. The molecule has 0 unspecified atom stereocenters. The molecule has 3 aromatic rings. The van der Waals surface area contributed by atoms with Crippen LogP contribution in [0.5, 0.6) is 17.2 Å². The van der Waals surface area contributed by atoms with Crippen LogP contribution in [0.3, 0.4) is 0 Å². The second-order valence-corrected chi connectivity index (χ2v) is 8.54. The molecule has 1 aliphatic heterocycles. The van der Waals surface area contributed by atoms with Crippen molar-refractivity contribution >= 4 is 27.0 Å². The van der Waals surface area contributed by atoms with E-state index in [1.54, 1.807) is 24.3 Å². The van der Waals surface area contributed by atoms with Crippen molar-refractivity contribution in [1.82, 2.24) is 0 Å². The van der Waals surface area contributed by atoms with Crippen LogP contribution in [-0.4, -0.2) is 22.8 Å². The van der Waals surface area contributed by atoms with Crippen LogP contribution in [0.25, 0.3) is 0 Å². The summed E-state index contributed by atoms with van der Waals surface area (Å²) in [7, 11) is -10.5. The molecule has 0 aromatic heterocycles. The summed E-state index contributed by atoms with van der Waals surface area (Å²) in [5, 5.41) is 0. The number of rotatable bonds is 6. The third-order valence-corrected chi connectivity index (χ3v) is 5.55. The van der Waals surface area contributed by atoms with Gasteiger partial charge in [0.25, 0.3) is 0 Å². The summed E-state index contributed by atoms with van der Waals surface area (Å²) < 4.78 is 82.4. The molecule has 0 saturated carbocycles. The Kier molecular flexibility index (Phi) is 5.13. The van der Waals surface area contributed by atoms with Crippen molar-refractivity contribution in [2.75, 3.05) is 0 Å². The van der Waals surface area contributed by atoms with Gasteiger partial charge in [0, 0.05) is 5.56 Å². The second-order valence-electron chi connectivity index (χ2n) is 6.64. The van der Waals surface area contributed by atoms with Crippen LogP contribution in [0.1, 0.15) is 16.7 Å². The second kappa shape index (κ2) is 7.57. The largest absolute Gasteiger partial charge is 0.488 e. The summed E-state index contributed by atoms with van der Waals surface area (Å²) in [5.74, 6) is -1.06. The third-order valence-electron chi connectivity index (χ3n) is 4.77. The fraction of sp³-hybridized carbons (Fsp3) is 0.0500. The van der Waals surface area contributed by atoms with E-state index in [0.29, 0.717) is 16.7 Å². The lowest BCUT2D eigenvalue weighted by atomic mass is 9.70. The van der Waals surface area contributed by atoms with Crippen LogP contribution in [0.2, 0.25) is 0 Å². The number of benzene rings is 3. The fourth-order valence-electron chi connectivity index (χ4n) is 3.62. The zero-order valence-electron chi connectivity index (χ0n) is 15.8. The van der Waals surface area contributed by atoms with Gasteiger partial charge in [-0.25, -0.2) is 4.79 Å². The number of halogens is 2. The Morgan fingerprint density at radius 3 is 1.56 bits per heavy atom. The zero-order valence-corrected chi connectivity index (χ0v) is 17.4. The maximum absolute atomic E-state index is 13.2. The van der Waals surface area contributed by atoms with Crippen molar-refractivity contribution in [3.8, 4) is 17.2 Å². The van der Waals surface area contributed by atoms with E-state index in [0.717, 1.165) is 24.3 Å². The minimum absolute atomic E-state index is 0.274. The van der Waals surface area contributed by atoms with Crippen molar-refractivity contribution < 1.29 is 42.5 Å². The molecule has 8 nitrogen and oxygen atoms in total. The smallest absolute Gasteiger partial charge is 0.425 e. The van der Waals surface area contributed by atoms with E-state index >= 15 is 0 Å². The monoisotopic (exact) mass is 482 g/mol. The normalized spacial score (nSPS) is 15.0. The first-order chi connectivity index (χ1) is 15.0. The molecule has 0 amide bonds. The van der Waals surface area contributed by atoms with Gasteiger partial charge in [-0.15, -0.1) is 0 Å². The van der Waals surface area contributed by atoms with Crippen molar-refractivity contribution in [1.29, 1.82) is 0 Å². The highest BCUT2D eigenvalue weighted by Crippen LogP contribution is 2.49. The van der Waals surface area contributed by atoms with Gasteiger partial charge in [0.2, 0.25) is 0 Å². The third kappa shape index (κ3) is 4.01. The summed E-state index contributed by atoms with van der Waals surface area (Å²) in [4.78, 5) is 13.2. The molecule has 3 aromatic carbocycles. The first kappa shape index (κ1) is 21.7. The van der Waals surface area contributed by atoms with Crippen molar-refractivity contribution in [3.05, 3.63) is 89.5 Å². The molecule has 1 heterocycles. The molecule has 1 aliphatic rings. The summed E-state index contributed by atoms with van der Waals surface area (Å²) >= 11 is 0. The van der Waals surface area contributed by atoms with E-state index in [1.807, 2.05) is 0 Å². The Hall–Kier alpha value is -3.51. The highest BCUT2D eigenvalue weighted by molar-refractivity contribution is 7.82. The number of esters is 1. The van der Waals surface area contributed by atoms with E-state index in [1.165, 1.54) is 24.3 Å². The van der Waals surface area contributed by atoms with E-state index in [9.17, 15) is 29.4 Å². The summed E-state index contributed by atoms with van der Waals surface area (Å²) in [6.45, 7) is 0. The van der Waals surface area contributed by atoms with E-state index in [4.69, 9.17) is 4.74 Å². The van der Waals surface area contributed by atoms with Crippen molar-refractivity contribution in [2.24, 2.45) is 0 Å². The highest BCUT2D eigenvalue weighted by Gasteiger charge is 2.52. The number of ether oxygens (including phenoxy) is 1. The lowest BCUT2D eigenvalue weighted by molar-refractivity contribution is -0.135. The minimum Gasteiger partial charge on any atom is -0.425 e. The molecular weight excluding hydrogens is 470 g/mol. The van der Waals surface area contributed by atoms with Gasteiger partial charge in [-0.05, 0) is 41.5 Å². The molecule has 0 bridgehead atoms. The summed E-state index contributed by atoms with van der Waals surface area (Å²) in [6, 6.07) is 16.7. The predicted octanol–water partition coefficient (Wildman–Crippen LogP) is 3.13. The van der Waals surface area contributed by atoms with E-state index in [2.05, 4.69) is 8.37 Å². The van der Waals surface area contributed by atoms with Crippen LogP contribution in [0, 0.1) is 0 Å². The Morgan fingerprint density at radius 2 is 1.12 bits per heavy atom. The number of para-hydroxylation sites is 1. The Labute approximate surface area is 181 Å². The van der Waals surface area contributed by atoms with Gasteiger partial charge < -0.3 is 13.1 Å². The molecule has 32 heavy (non-hydrogen) atoms. The first-order valence-corrected chi connectivity index (χ1v) is 11.4. The number of hydrogen-bond acceptors (Lipinski definition) is 8. The summed E-state index contributed by atoms with van der Waals surface area (Å²) in [6.07, 6.45) is 0. The molecule has 4 rings (SSSR count). The molecule has 0 fully saturated rings. The average Bonchev–Trinajstić information content (AvgIpc) is 2.99. The maximum Gasteiger partial charge on any atom is 0.488 e. The van der Waals surface area contributed by atoms with Gasteiger partial charge >= 0.3 is 27.0 Å². The van der Waals surface area contributed by atoms with Crippen LogP contribution < -0.4 is 13.1 Å². The molecular formula is C20H12F2O8S2. The Balaban J connectivity index is 1.87. The predicted molar refractivity (Wildman–Crippen MR) is 106 cm³/mol. The number of hydrogen-bond donors (Lipinski definition) is 0. The zero-order chi connectivity index (χ0) is 23.1. The van der Waals surface area contributed by atoms with Gasteiger partial charge in [-0.3, -0.25) is 0 Å². The van der Waals surface area contributed by atoms with Gasteiger partial charge in [0.05, 0.1) is 0 Å². The van der Waals surface area contributed by atoms with Gasteiger partial charge in [0.15, 0.2) is 0 Å². The number of carbonyl (C=O) groups excluding carboxylic acids is 1. The maximum atomic E-state index is 13.2. The fourth-order valence-corrected chi connectivity index (χ4v) is 4.30. The Morgan fingerprint density at radius 1 is 0.688 bits per heavy atom. The SMILES string of the molecule is O=C1Oc2ccccc2C1(c1ccc(OS(=O)(=O)F)cc1)c1ccc(OS(=O)(=O)F)cc1. The number of carbonyl (C=O) groups is 1. The van der Waals surface area contributed by atoms with Crippen LogP contribution in [0.15, 0.2) is 72.8 Å². The summed E-state index contributed by atoms with van der Waals surface area (Å²) in [5.41, 5.74) is -0.453. The molecule has 0 aliphatic carbocycles. The minimum atomic E-state index is -5.24. The van der Waals surface area contributed by atoms with Gasteiger partial charge in [0.1, 0.15) is 22.7 Å². The van der Waals surface area contributed by atoms with Crippen LogP contribution >= 0.6 is 0 Å². The lowest BCUT2D eigenvalue weighted by Gasteiger charge is -2.27. The first-order valence-electron chi connectivity index (χ1n) is 8.80. The lowest BCUT2D eigenvalue weighted by Crippen LogP contribution is -2.36. The molecule has 0 radical (unpaired) electrons. The van der Waals surface area contributed by atoms with Crippen molar-refractivity contribution in [3.63, 3.8) is 0 Å². The Bertz CT molecular complexity index is 1320. The van der Waals surface area contributed by atoms with Gasteiger partial charge in [-0.2, -0.15) is 16.8 Å².